The van der Waals surface area contributed by atoms with Crippen molar-refractivity contribution in [2.75, 3.05) is 53.7 Å². The van der Waals surface area contributed by atoms with Crippen molar-refractivity contribution in [1.82, 2.24) is 10.6 Å². The van der Waals surface area contributed by atoms with Gasteiger partial charge in [-0.05, 0) is 62.1 Å². The van der Waals surface area contributed by atoms with E-state index < -0.39 is 0 Å². The molecular formula is C25H42IN3O3. The number of ether oxygens (including phenoxy) is 3. The molecule has 32 heavy (non-hydrogen) atoms. The molecule has 0 atom stereocenters. The second-order valence-corrected chi connectivity index (χ2v) is 9.05. The predicted octanol–water partition coefficient (Wildman–Crippen LogP) is 4.51. The highest BCUT2D eigenvalue weighted by Gasteiger charge is 2.36. The first-order valence-electron chi connectivity index (χ1n) is 11.9. The number of rotatable bonds is 10. The van der Waals surface area contributed by atoms with Gasteiger partial charge >= 0.3 is 0 Å². The molecule has 1 saturated carbocycles. The molecule has 0 aromatic heterocycles. The summed E-state index contributed by atoms with van der Waals surface area (Å²) in [7, 11) is 3.57. The third-order valence-electron chi connectivity index (χ3n) is 7.25. The summed E-state index contributed by atoms with van der Waals surface area (Å²) in [4.78, 5) is 4.53. The molecule has 0 unspecified atom stereocenters. The molecule has 0 bridgehead atoms. The van der Waals surface area contributed by atoms with Gasteiger partial charge in [-0.1, -0.05) is 25.0 Å². The molecule has 0 spiro atoms. The molecule has 1 aromatic carbocycles. The molecule has 1 heterocycles. The second-order valence-electron chi connectivity index (χ2n) is 9.05. The Bertz CT molecular complexity index is 684. The number of guanidine groups is 1. The summed E-state index contributed by atoms with van der Waals surface area (Å²) in [6, 6.07) is 8.51. The van der Waals surface area contributed by atoms with Crippen LogP contribution >= 0.6 is 24.0 Å². The minimum atomic E-state index is 0. The lowest BCUT2D eigenvalue weighted by Crippen LogP contribution is -2.49. The Hall–Kier alpha value is -1.06. The van der Waals surface area contributed by atoms with E-state index in [0.717, 1.165) is 70.5 Å². The fourth-order valence-electron chi connectivity index (χ4n) is 5.09. The van der Waals surface area contributed by atoms with Crippen molar-refractivity contribution < 1.29 is 14.2 Å². The SMILES string of the molecule is CCOCCC1(CNC(=NC)NCC2(c3ccc(OC)cc3)CCOCC2)CCCC1.I. The van der Waals surface area contributed by atoms with Crippen molar-refractivity contribution in [3.63, 3.8) is 0 Å². The van der Waals surface area contributed by atoms with Crippen LogP contribution in [0, 0.1) is 5.41 Å². The minimum Gasteiger partial charge on any atom is -0.497 e. The molecular weight excluding hydrogens is 517 g/mol. The largest absolute Gasteiger partial charge is 0.497 e. The Kier molecular flexibility index (Phi) is 11.6. The first kappa shape index (κ1) is 27.2. The lowest BCUT2D eigenvalue weighted by molar-refractivity contribution is 0.0513. The average molecular weight is 560 g/mol. The molecule has 0 amide bonds. The molecule has 6 nitrogen and oxygen atoms in total. The average Bonchev–Trinajstić information content (AvgIpc) is 3.29. The van der Waals surface area contributed by atoms with Gasteiger partial charge in [0.15, 0.2) is 5.96 Å². The smallest absolute Gasteiger partial charge is 0.191 e. The number of benzene rings is 1. The number of aliphatic imine (C=N–C) groups is 1. The minimum absolute atomic E-state index is 0. The van der Waals surface area contributed by atoms with Gasteiger partial charge in [-0.2, -0.15) is 0 Å². The van der Waals surface area contributed by atoms with Crippen LogP contribution in [0.15, 0.2) is 29.3 Å². The third-order valence-corrected chi connectivity index (χ3v) is 7.25. The Balaban J connectivity index is 0.00000363. The number of hydrogen-bond donors (Lipinski definition) is 2. The van der Waals surface area contributed by atoms with Crippen LogP contribution in [-0.2, 0) is 14.9 Å². The Morgan fingerprint density at radius 1 is 1.03 bits per heavy atom. The monoisotopic (exact) mass is 559 g/mol. The van der Waals surface area contributed by atoms with Gasteiger partial charge in [-0.25, -0.2) is 0 Å². The first-order valence-corrected chi connectivity index (χ1v) is 11.9. The lowest BCUT2D eigenvalue weighted by atomic mass is 9.74. The van der Waals surface area contributed by atoms with Crippen LogP contribution in [-0.4, -0.2) is 59.6 Å². The molecule has 7 heteroatoms. The van der Waals surface area contributed by atoms with Crippen molar-refractivity contribution >= 4 is 29.9 Å². The van der Waals surface area contributed by atoms with E-state index in [1.807, 2.05) is 7.05 Å². The number of hydrogen-bond acceptors (Lipinski definition) is 4. The van der Waals surface area contributed by atoms with E-state index in [0.29, 0.717) is 5.41 Å². The maximum Gasteiger partial charge on any atom is 0.191 e. The molecule has 182 valence electrons. The van der Waals surface area contributed by atoms with Crippen LogP contribution in [0.4, 0.5) is 0 Å². The summed E-state index contributed by atoms with van der Waals surface area (Å²) in [5.41, 5.74) is 1.71. The summed E-state index contributed by atoms with van der Waals surface area (Å²) in [6.45, 7) is 7.10. The summed E-state index contributed by atoms with van der Waals surface area (Å²) in [6.07, 6.45) is 8.32. The van der Waals surface area contributed by atoms with Gasteiger partial charge in [-0.15, -0.1) is 24.0 Å². The molecule has 2 aliphatic rings. The number of methoxy groups -OCH3 is 1. The summed E-state index contributed by atoms with van der Waals surface area (Å²) in [5, 5.41) is 7.27. The predicted molar refractivity (Wildman–Crippen MR) is 142 cm³/mol. The van der Waals surface area contributed by atoms with Gasteiger partial charge in [0, 0.05) is 52.0 Å². The Labute approximate surface area is 211 Å². The summed E-state index contributed by atoms with van der Waals surface area (Å²) in [5.74, 6) is 1.78. The van der Waals surface area contributed by atoms with E-state index >= 15 is 0 Å². The van der Waals surface area contributed by atoms with Gasteiger partial charge in [0.25, 0.3) is 0 Å². The lowest BCUT2D eigenvalue weighted by Gasteiger charge is -2.38. The maximum absolute atomic E-state index is 5.69. The van der Waals surface area contributed by atoms with Crippen molar-refractivity contribution in [1.29, 1.82) is 0 Å². The quantitative estimate of drug-likeness (QED) is 0.191. The highest BCUT2D eigenvalue weighted by molar-refractivity contribution is 14.0. The molecule has 2 N–H and O–H groups in total. The number of halogens is 1. The van der Waals surface area contributed by atoms with Crippen LogP contribution < -0.4 is 15.4 Å². The van der Waals surface area contributed by atoms with Crippen LogP contribution in [0.3, 0.4) is 0 Å². The fraction of sp³-hybridized carbons (Fsp3) is 0.720. The number of nitrogens with one attached hydrogen (secondary N) is 2. The van der Waals surface area contributed by atoms with Crippen LogP contribution in [0.25, 0.3) is 0 Å². The third kappa shape index (κ3) is 7.22. The van der Waals surface area contributed by atoms with E-state index in [1.165, 1.54) is 31.2 Å². The highest BCUT2D eigenvalue weighted by Crippen LogP contribution is 2.40. The molecule has 1 saturated heterocycles. The normalized spacial score (nSPS) is 19.8. The van der Waals surface area contributed by atoms with Crippen molar-refractivity contribution in [2.24, 2.45) is 10.4 Å². The van der Waals surface area contributed by atoms with Crippen molar-refractivity contribution in [3.05, 3.63) is 29.8 Å². The topological polar surface area (TPSA) is 64.1 Å². The van der Waals surface area contributed by atoms with E-state index in [2.05, 4.69) is 46.8 Å². The summed E-state index contributed by atoms with van der Waals surface area (Å²) < 4.78 is 16.7. The number of nitrogens with zero attached hydrogens (tertiary/aromatic N) is 1. The van der Waals surface area contributed by atoms with Crippen molar-refractivity contribution in [2.45, 2.75) is 57.3 Å². The van der Waals surface area contributed by atoms with E-state index in [-0.39, 0.29) is 29.4 Å². The zero-order valence-corrected chi connectivity index (χ0v) is 22.4. The van der Waals surface area contributed by atoms with E-state index in [9.17, 15) is 0 Å². The van der Waals surface area contributed by atoms with E-state index in [1.54, 1.807) is 7.11 Å². The molecule has 1 aliphatic heterocycles. The van der Waals surface area contributed by atoms with Gasteiger partial charge in [-0.3, -0.25) is 4.99 Å². The Morgan fingerprint density at radius 2 is 1.69 bits per heavy atom. The molecule has 1 aromatic rings. The van der Waals surface area contributed by atoms with Crippen LogP contribution in [0.5, 0.6) is 5.75 Å². The Morgan fingerprint density at radius 3 is 2.28 bits per heavy atom. The maximum atomic E-state index is 5.69. The van der Waals surface area contributed by atoms with Crippen molar-refractivity contribution in [3.8, 4) is 5.75 Å². The first-order chi connectivity index (χ1) is 15.2. The standard InChI is InChI=1S/C25H41N3O3.HI/c1-4-30-16-13-24(11-5-6-12-24)19-27-23(26-2)28-20-25(14-17-31-18-15-25)21-7-9-22(29-3)10-8-21;/h7-10H,4-6,11-20H2,1-3H3,(H2,26,27,28);1H. The van der Waals surface area contributed by atoms with E-state index in [4.69, 9.17) is 14.2 Å². The zero-order chi connectivity index (χ0) is 22.0. The zero-order valence-electron chi connectivity index (χ0n) is 20.1. The van der Waals surface area contributed by atoms with Gasteiger partial charge in [0.05, 0.1) is 7.11 Å². The molecule has 3 rings (SSSR count). The van der Waals surface area contributed by atoms with Gasteiger partial charge in [0.1, 0.15) is 5.75 Å². The van der Waals surface area contributed by atoms with Gasteiger partial charge < -0.3 is 24.8 Å². The summed E-state index contributed by atoms with van der Waals surface area (Å²) >= 11 is 0. The van der Waals surface area contributed by atoms with Crippen LogP contribution in [0.1, 0.15) is 57.4 Å². The molecule has 0 radical (unpaired) electrons. The highest BCUT2D eigenvalue weighted by atomic mass is 127. The second kappa shape index (κ2) is 13.6. The van der Waals surface area contributed by atoms with Crippen LogP contribution in [0.2, 0.25) is 0 Å². The molecule has 2 fully saturated rings. The molecule has 1 aliphatic carbocycles. The fourth-order valence-corrected chi connectivity index (χ4v) is 5.09. The van der Waals surface area contributed by atoms with Gasteiger partial charge in [0.2, 0.25) is 0 Å².